The Kier molecular flexibility index (Phi) is 1.48. The highest BCUT2D eigenvalue weighted by molar-refractivity contribution is 4.97. The topological polar surface area (TPSA) is 12.0 Å². The second-order valence-corrected chi connectivity index (χ2v) is 4.08. The minimum Gasteiger partial charge on any atom is -0.311 e. The van der Waals surface area contributed by atoms with Crippen molar-refractivity contribution in [3.8, 4) is 0 Å². The van der Waals surface area contributed by atoms with Crippen LogP contribution in [0.1, 0.15) is 39.0 Å². The smallest absolute Gasteiger partial charge is 0.0181 e. The first kappa shape index (κ1) is 6.66. The van der Waals surface area contributed by atoms with Gasteiger partial charge in [-0.1, -0.05) is 6.42 Å². The van der Waals surface area contributed by atoms with Crippen LogP contribution in [0.4, 0.5) is 0 Å². The van der Waals surface area contributed by atoms with Crippen molar-refractivity contribution >= 4 is 0 Å². The van der Waals surface area contributed by atoms with Gasteiger partial charge in [-0.3, -0.25) is 0 Å². The van der Waals surface area contributed by atoms with Crippen molar-refractivity contribution in [1.29, 1.82) is 0 Å². The molecule has 0 aromatic rings. The van der Waals surface area contributed by atoms with E-state index < -0.39 is 0 Å². The van der Waals surface area contributed by atoms with Crippen molar-refractivity contribution in [2.45, 2.75) is 44.6 Å². The Morgan fingerprint density at radius 2 is 2.10 bits per heavy atom. The number of hydrogen-bond acceptors (Lipinski definition) is 1. The second-order valence-electron chi connectivity index (χ2n) is 4.08. The summed E-state index contributed by atoms with van der Waals surface area (Å²) in [6, 6.07) is 0. The SMILES string of the molecule is CC12CCCC1CCCN2. The Morgan fingerprint density at radius 3 is 2.90 bits per heavy atom. The van der Waals surface area contributed by atoms with Gasteiger partial charge in [-0.2, -0.15) is 0 Å². The van der Waals surface area contributed by atoms with Crippen LogP contribution in [-0.4, -0.2) is 12.1 Å². The van der Waals surface area contributed by atoms with Gasteiger partial charge in [-0.15, -0.1) is 0 Å². The van der Waals surface area contributed by atoms with Crippen LogP contribution in [0.25, 0.3) is 0 Å². The summed E-state index contributed by atoms with van der Waals surface area (Å²) in [6.07, 6.45) is 7.22. The molecule has 58 valence electrons. The summed E-state index contributed by atoms with van der Waals surface area (Å²) in [4.78, 5) is 0. The third kappa shape index (κ3) is 0.878. The van der Waals surface area contributed by atoms with Crippen LogP contribution in [0.5, 0.6) is 0 Å². The first-order valence-corrected chi connectivity index (χ1v) is 4.56. The lowest BCUT2D eigenvalue weighted by Crippen LogP contribution is -2.49. The highest BCUT2D eigenvalue weighted by Gasteiger charge is 2.39. The molecule has 0 aromatic heterocycles. The van der Waals surface area contributed by atoms with Gasteiger partial charge in [0.25, 0.3) is 0 Å². The molecule has 0 radical (unpaired) electrons. The van der Waals surface area contributed by atoms with Gasteiger partial charge in [-0.25, -0.2) is 0 Å². The van der Waals surface area contributed by atoms with Crippen molar-refractivity contribution in [1.82, 2.24) is 5.32 Å². The molecule has 0 bridgehead atoms. The Morgan fingerprint density at radius 1 is 1.30 bits per heavy atom. The second kappa shape index (κ2) is 2.23. The number of nitrogens with one attached hydrogen (secondary N) is 1. The summed E-state index contributed by atoms with van der Waals surface area (Å²) in [5.41, 5.74) is 0.540. The van der Waals surface area contributed by atoms with Crippen molar-refractivity contribution in [3.63, 3.8) is 0 Å². The van der Waals surface area contributed by atoms with Gasteiger partial charge in [0.1, 0.15) is 0 Å². The molecular formula is C9H17N. The molecule has 2 fully saturated rings. The van der Waals surface area contributed by atoms with E-state index in [2.05, 4.69) is 12.2 Å². The van der Waals surface area contributed by atoms with E-state index in [0.29, 0.717) is 5.54 Å². The van der Waals surface area contributed by atoms with Gasteiger partial charge in [0, 0.05) is 5.54 Å². The van der Waals surface area contributed by atoms with Crippen molar-refractivity contribution in [2.75, 3.05) is 6.54 Å². The molecule has 0 spiro atoms. The molecule has 2 atom stereocenters. The maximum absolute atomic E-state index is 3.66. The van der Waals surface area contributed by atoms with E-state index in [4.69, 9.17) is 0 Å². The molecule has 2 aliphatic rings. The van der Waals surface area contributed by atoms with Crippen LogP contribution in [0.3, 0.4) is 0 Å². The third-order valence-corrected chi connectivity index (χ3v) is 3.41. The molecule has 0 amide bonds. The molecule has 1 saturated heterocycles. The summed E-state index contributed by atoms with van der Waals surface area (Å²) >= 11 is 0. The highest BCUT2D eigenvalue weighted by Crippen LogP contribution is 2.40. The minimum atomic E-state index is 0.540. The fourth-order valence-corrected chi connectivity index (χ4v) is 2.66. The van der Waals surface area contributed by atoms with E-state index in [9.17, 15) is 0 Å². The molecule has 1 nitrogen and oxygen atoms in total. The molecule has 1 aliphatic heterocycles. The van der Waals surface area contributed by atoms with Crippen LogP contribution in [0.2, 0.25) is 0 Å². The van der Waals surface area contributed by atoms with Crippen LogP contribution in [0.15, 0.2) is 0 Å². The molecular weight excluding hydrogens is 122 g/mol. The predicted molar refractivity (Wildman–Crippen MR) is 43.0 cm³/mol. The highest BCUT2D eigenvalue weighted by atomic mass is 15.0. The van der Waals surface area contributed by atoms with Gasteiger partial charge >= 0.3 is 0 Å². The summed E-state index contributed by atoms with van der Waals surface area (Å²) < 4.78 is 0. The number of fused-ring (bicyclic) bond motifs is 1. The monoisotopic (exact) mass is 139 g/mol. The van der Waals surface area contributed by atoms with Crippen molar-refractivity contribution < 1.29 is 0 Å². The molecule has 0 aromatic carbocycles. The molecule has 1 aliphatic carbocycles. The van der Waals surface area contributed by atoms with E-state index >= 15 is 0 Å². The molecule has 2 rings (SSSR count). The lowest BCUT2D eigenvalue weighted by Gasteiger charge is -2.37. The Labute approximate surface area is 63.2 Å². The van der Waals surface area contributed by atoms with Gasteiger partial charge in [0.05, 0.1) is 0 Å². The normalized spacial score (nSPS) is 47.1. The van der Waals surface area contributed by atoms with Crippen molar-refractivity contribution in [3.05, 3.63) is 0 Å². The number of piperidine rings is 1. The summed E-state index contributed by atoms with van der Waals surface area (Å²) in [7, 11) is 0. The van der Waals surface area contributed by atoms with Gasteiger partial charge in [-0.05, 0) is 45.1 Å². The van der Waals surface area contributed by atoms with E-state index in [1.807, 2.05) is 0 Å². The number of rotatable bonds is 0. The Hall–Kier alpha value is -0.0400. The van der Waals surface area contributed by atoms with Gasteiger partial charge in [0.2, 0.25) is 0 Å². The number of hydrogen-bond donors (Lipinski definition) is 1. The largest absolute Gasteiger partial charge is 0.311 e. The van der Waals surface area contributed by atoms with Crippen LogP contribution >= 0.6 is 0 Å². The zero-order chi connectivity index (χ0) is 7.03. The molecule has 1 heteroatoms. The fourth-order valence-electron chi connectivity index (χ4n) is 2.66. The molecule has 1 N–H and O–H groups in total. The third-order valence-electron chi connectivity index (χ3n) is 3.41. The maximum Gasteiger partial charge on any atom is 0.0181 e. The summed E-state index contributed by atoms with van der Waals surface area (Å²) in [5.74, 6) is 1.00. The van der Waals surface area contributed by atoms with E-state index in [1.54, 1.807) is 0 Å². The van der Waals surface area contributed by atoms with E-state index in [-0.39, 0.29) is 0 Å². The average molecular weight is 139 g/mol. The Bertz CT molecular complexity index is 133. The average Bonchev–Trinajstić information content (AvgIpc) is 2.29. The predicted octanol–water partition coefficient (Wildman–Crippen LogP) is 1.93. The molecule has 1 saturated carbocycles. The van der Waals surface area contributed by atoms with Gasteiger partial charge in [0.15, 0.2) is 0 Å². The first-order valence-electron chi connectivity index (χ1n) is 4.56. The maximum atomic E-state index is 3.66. The quantitative estimate of drug-likeness (QED) is 0.540. The zero-order valence-corrected chi connectivity index (χ0v) is 6.82. The lowest BCUT2D eigenvalue weighted by molar-refractivity contribution is 0.212. The first-order chi connectivity index (χ1) is 4.81. The van der Waals surface area contributed by atoms with Crippen LogP contribution < -0.4 is 5.32 Å². The zero-order valence-electron chi connectivity index (χ0n) is 6.82. The van der Waals surface area contributed by atoms with E-state index in [1.165, 1.54) is 38.6 Å². The van der Waals surface area contributed by atoms with Crippen LogP contribution in [-0.2, 0) is 0 Å². The molecule has 1 heterocycles. The van der Waals surface area contributed by atoms with Gasteiger partial charge < -0.3 is 5.32 Å². The van der Waals surface area contributed by atoms with Crippen LogP contribution in [0, 0.1) is 5.92 Å². The Balaban J connectivity index is 2.10. The molecule has 10 heavy (non-hydrogen) atoms. The molecule has 2 unspecified atom stereocenters. The summed E-state index contributed by atoms with van der Waals surface area (Å²) in [5, 5.41) is 3.66. The fraction of sp³-hybridized carbons (Fsp3) is 1.00. The lowest BCUT2D eigenvalue weighted by atomic mass is 9.82. The van der Waals surface area contributed by atoms with Crippen molar-refractivity contribution in [2.24, 2.45) is 5.92 Å². The van der Waals surface area contributed by atoms with E-state index in [0.717, 1.165) is 5.92 Å². The standard InChI is InChI=1S/C9H17N/c1-9-6-2-4-8(9)5-3-7-10-9/h8,10H,2-7H2,1H3. The summed E-state index contributed by atoms with van der Waals surface area (Å²) in [6.45, 7) is 3.66. The minimum absolute atomic E-state index is 0.540.